The molecule has 1 aromatic carbocycles. The predicted octanol–water partition coefficient (Wildman–Crippen LogP) is 3.58. The Labute approximate surface area is 120 Å². The highest BCUT2D eigenvalue weighted by molar-refractivity contribution is 5.98. The van der Waals surface area contributed by atoms with Gasteiger partial charge in [-0.05, 0) is 37.8 Å². The van der Waals surface area contributed by atoms with Gasteiger partial charge >= 0.3 is 0 Å². The van der Waals surface area contributed by atoms with Crippen LogP contribution in [0.15, 0.2) is 24.3 Å². The van der Waals surface area contributed by atoms with E-state index in [9.17, 15) is 4.79 Å². The standard InChI is InChI=1S/C17H23NO2/c18-15-6-4-5-13(11-15)16(19)14-7-10-20-17(12-14)8-2-1-3-9-17/h4-6,11,14H,1-3,7-10,12,18H2. The monoisotopic (exact) mass is 273 g/mol. The summed E-state index contributed by atoms with van der Waals surface area (Å²) in [5.41, 5.74) is 7.18. The highest BCUT2D eigenvalue weighted by Gasteiger charge is 2.40. The summed E-state index contributed by atoms with van der Waals surface area (Å²) in [7, 11) is 0. The van der Waals surface area contributed by atoms with Gasteiger partial charge in [-0.2, -0.15) is 0 Å². The molecular formula is C17H23NO2. The third kappa shape index (κ3) is 2.73. The van der Waals surface area contributed by atoms with E-state index in [0.29, 0.717) is 5.69 Å². The van der Waals surface area contributed by atoms with Crippen LogP contribution in [0, 0.1) is 5.92 Å². The molecule has 1 spiro atoms. The van der Waals surface area contributed by atoms with Crippen molar-refractivity contribution >= 4 is 11.5 Å². The lowest BCUT2D eigenvalue weighted by Crippen LogP contribution is -2.43. The van der Waals surface area contributed by atoms with E-state index in [1.165, 1.54) is 19.3 Å². The summed E-state index contributed by atoms with van der Waals surface area (Å²) in [6.07, 6.45) is 7.74. The second-order valence-corrected chi connectivity index (χ2v) is 6.27. The average Bonchev–Trinajstić information content (AvgIpc) is 2.47. The summed E-state index contributed by atoms with van der Waals surface area (Å²) in [6, 6.07) is 7.36. The van der Waals surface area contributed by atoms with Crippen molar-refractivity contribution in [2.24, 2.45) is 5.92 Å². The number of anilines is 1. The summed E-state index contributed by atoms with van der Waals surface area (Å²) in [6.45, 7) is 0.721. The third-order valence-electron chi connectivity index (χ3n) is 4.80. The number of carbonyl (C=O) groups is 1. The Bertz CT molecular complexity index is 486. The number of benzene rings is 1. The van der Waals surface area contributed by atoms with Gasteiger partial charge in [0.1, 0.15) is 0 Å². The zero-order valence-corrected chi connectivity index (χ0v) is 11.9. The molecule has 108 valence electrons. The van der Waals surface area contributed by atoms with Crippen molar-refractivity contribution in [1.82, 2.24) is 0 Å². The molecule has 0 aromatic heterocycles. The Morgan fingerprint density at radius 1 is 1.25 bits per heavy atom. The topological polar surface area (TPSA) is 52.3 Å². The molecule has 1 aromatic rings. The van der Waals surface area contributed by atoms with E-state index in [1.807, 2.05) is 18.2 Å². The number of ketones is 1. The van der Waals surface area contributed by atoms with Crippen LogP contribution in [-0.2, 0) is 4.74 Å². The normalized spacial score (nSPS) is 25.5. The third-order valence-corrected chi connectivity index (χ3v) is 4.80. The van der Waals surface area contributed by atoms with Crippen LogP contribution < -0.4 is 5.73 Å². The van der Waals surface area contributed by atoms with E-state index in [0.717, 1.165) is 37.9 Å². The maximum Gasteiger partial charge on any atom is 0.166 e. The zero-order chi connectivity index (χ0) is 14.0. The van der Waals surface area contributed by atoms with Crippen molar-refractivity contribution in [2.45, 2.75) is 50.5 Å². The molecule has 1 atom stereocenters. The number of Topliss-reactive ketones (excluding diaryl/α,β-unsaturated/α-hetero) is 1. The maximum atomic E-state index is 12.7. The molecule has 3 rings (SSSR count). The summed E-state index contributed by atoms with van der Waals surface area (Å²) in [5.74, 6) is 0.342. The summed E-state index contributed by atoms with van der Waals surface area (Å²) >= 11 is 0. The second kappa shape index (κ2) is 5.57. The highest BCUT2D eigenvalue weighted by atomic mass is 16.5. The number of nitrogen functional groups attached to an aromatic ring is 1. The number of carbonyl (C=O) groups excluding carboxylic acids is 1. The number of ether oxygens (including phenoxy) is 1. The first-order valence-electron chi connectivity index (χ1n) is 7.72. The fraction of sp³-hybridized carbons (Fsp3) is 0.588. The minimum absolute atomic E-state index is 0.0167. The van der Waals surface area contributed by atoms with Crippen molar-refractivity contribution in [3.8, 4) is 0 Å². The van der Waals surface area contributed by atoms with Crippen LogP contribution in [-0.4, -0.2) is 18.0 Å². The Hall–Kier alpha value is -1.35. The van der Waals surface area contributed by atoms with Crippen LogP contribution in [0.2, 0.25) is 0 Å². The average molecular weight is 273 g/mol. The smallest absolute Gasteiger partial charge is 0.166 e. The van der Waals surface area contributed by atoms with Crippen molar-refractivity contribution < 1.29 is 9.53 Å². The predicted molar refractivity (Wildman–Crippen MR) is 79.7 cm³/mol. The van der Waals surface area contributed by atoms with Gasteiger partial charge < -0.3 is 10.5 Å². The van der Waals surface area contributed by atoms with Gasteiger partial charge in [0.15, 0.2) is 5.78 Å². The molecule has 2 N–H and O–H groups in total. The van der Waals surface area contributed by atoms with E-state index < -0.39 is 0 Å². The summed E-state index contributed by atoms with van der Waals surface area (Å²) in [4.78, 5) is 12.7. The van der Waals surface area contributed by atoms with Gasteiger partial charge in [0, 0.05) is 23.8 Å². The largest absolute Gasteiger partial charge is 0.399 e. The van der Waals surface area contributed by atoms with E-state index in [4.69, 9.17) is 10.5 Å². The number of hydrogen-bond donors (Lipinski definition) is 1. The molecule has 0 radical (unpaired) electrons. The zero-order valence-electron chi connectivity index (χ0n) is 11.9. The molecule has 2 fully saturated rings. The number of hydrogen-bond acceptors (Lipinski definition) is 3. The lowest BCUT2D eigenvalue weighted by atomic mass is 9.74. The van der Waals surface area contributed by atoms with E-state index in [1.54, 1.807) is 6.07 Å². The van der Waals surface area contributed by atoms with Crippen LogP contribution in [0.25, 0.3) is 0 Å². The SMILES string of the molecule is Nc1cccc(C(=O)C2CCOC3(CCCCC3)C2)c1. The summed E-state index contributed by atoms with van der Waals surface area (Å²) < 4.78 is 6.07. The Kier molecular flexibility index (Phi) is 3.79. The first kappa shape index (κ1) is 13.6. The number of rotatable bonds is 2. The van der Waals surface area contributed by atoms with Gasteiger partial charge in [-0.25, -0.2) is 0 Å². The summed E-state index contributed by atoms with van der Waals surface area (Å²) in [5, 5.41) is 0. The van der Waals surface area contributed by atoms with Gasteiger partial charge in [0.2, 0.25) is 0 Å². The molecular weight excluding hydrogens is 250 g/mol. The quantitative estimate of drug-likeness (QED) is 0.662. The molecule has 3 nitrogen and oxygen atoms in total. The molecule has 3 heteroatoms. The van der Waals surface area contributed by atoms with Gasteiger partial charge in [0.05, 0.1) is 5.60 Å². The Morgan fingerprint density at radius 2 is 2.05 bits per heavy atom. The lowest BCUT2D eigenvalue weighted by molar-refractivity contribution is -0.111. The Morgan fingerprint density at radius 3 is 2.80 bits per heavy atom. The number of nitrogens with two attached hydrogens (primary N) is 1. The first-order chi connectivity index (χ1) is 9.69. The molecule has 2 aliphatic rings. The van der Waals surface area contributed by atoms with Gasteiger partial charge in [0.25, 0.3) is 0 Å². The molecule has 1 heterocycles. The molecule has 0 bridgehead atoms. The van der Waals surface area contributed by atoms with Crippen molar-refractivity contribution in [3.63, 3.8) is 0 Å². The first-order valence-corrected chi connectivity index (χ1v) is 7.72. The Balaban J connectivity index is 1.74. The molecule has 0 amide bonds. The second-order valence-electron chi connectivity index (χ2n) is 6.27. The molecule has 20 heavy (non-hydrogen) atoms. The van der Waals surface area contributed by atoms with Crippen molar-refractivity contribution in [3.05, 3.63) is 29.8 Å². The molecule has 1 aliphatic carbocycles. The van der Waals surface area contributed by atoms with E-state index in [2.05, 4.69) is 0 Å². The highest BCUT2D eigenvalue weighted by Crippen LogP contribution is 2.41. The molecule has 1 aliphatic heterocycles. The van der Waals surface area contributed by atoms with Gasteiger partial charge in [-0.1, -0.05) is 31.4 Å². The molecule has 1 saturated carbocycles. The van der Waals surface area contributed by atoms with Gasteiger partial charge in [-0.15, -0.1) is 0 Å². The van der Waals surface area contributed by atoms with E-state index >= 15 is 0 Å². The molecule has 1 unspecified atom stereocenters. The van der Waals surface area contributed by atoms with Gasteiger partial charge in [-0.3, -0.25) is 4.79 Å². The van der Waals surface area contributed by atoms with Crippen LogP contribution in [0.4, 0.5) is 5.69 Å². The maximum absolute atomic E-state index is 12.7. The van der Waals surface area contributed by atoms with Crippen LogP contribution in [0.3, 0.4) is 0 Å². The fourth-order valence-electron chi connectivity index (χ4n) is 3.72. The van der Waals surface area contributed by atoms with Crippen LogP contribution in [0.5, 0.6) is 0 Å². The fourth-order valence-corrected chi connectivity index (χ4v) is 3.72. The van der Waals surface area contributed by atoms with Crippen LogP contribution in [0.1, 0.15) is 55.3 Å². The minimum atomic E-state index is -0.0167. The lowest BCUT2D eigenvalue weighted by Gasteiger charge is -2.43. The van der Waals surface area contributed by atoms with E-state index in [-0.39, 0.29) is 17.3 Å². The molecule has 1 saturated heterocycles. The minimum Gasteiger partial charge on any atom is -0.399 e. The van der Waals surface area contributed by atoms with Crippen LogP contribution >= 0.6 is 0 Å². The van der Waals surface area contributed by atoms with Crippen molar-refractivity contribution in [2.75, 3.05) is 12.3 Å². The van der Waals surface area contributed by atoms with Crippen molar-refractivity contribution in [1.29, 1.82) is 0 Å².